The monoisotopic (exact) mass is 463 g/mol. The summed E-state index contributed by atoms with van der Waals surface area (Å²) in [5.74, 6) is 4.48. The van der Waals surface area contributed by atoms with Crippen molar-refractivity contribution in [3.63, 3.8) is 0 Å². The molecular weight excluding hydrogens is 426 g/mol. The van der Waals surface area contributed by atoms with E-state index in [4.69, 9.17) is 9.15 Å². The van der Waals surface area contributed by atoms with Crippen LogP contribution in [0.4, 0.5) is 5.69 Å². The highest BCUT2D eigenvalue weighted by Crippen LogP contribution is 2.60. The van der Waals surface area contributed by atoms with E-state index in [9.17, 15) is 4.79 Å². The van der Waals surface area contributed by atoms with Crippen molar-refractivity contribution in [2.45, 2.75) is 44.6 Å². The van der Waals surface area contributed by atoms with Crippen molar-refractivity contribution >= 4 is 11.6 Å². The van der Waals surface area contributed by atoms with E-state index < -0.39 is 0 Å². The minimum Gasteiger partial charge on any atom is -0.497 e. The van der Waals surface area contributed by atoms with Crippen LogP contribution in [0.25, 0.3) is 0 Å². The van der Waals surface area contributed by atoms with Crippen LogP contribution in [0.3, 0.4) is 0 Å². The molecule has 2 heterocycles. The molecule has 34 heavy (non-hydrogen) atoms. The Balaban J connectivity index is 1.10. The van der Waals surface area contributed by atoms with Gasteiger partial charge >= 0.3 is 0 Å². The van der Waals surface area contributed by atoms with Crippen LogP contribution in [0.5, 0.6) is 5.75 Å². The Kier molecular flexibility index (Phi) is 5.80. The molecule has 0 radical (unpaired) electrons. The highest BCUT2D eigenvalue weighted by molar-refractivity contribution is 5.83. The molecule has 1 aromatic carbocycles. The Morgan fingerprint density at radius 1 is 1.03 bits per heavy atom. The Bertz CT molecular complexity index is 944. The van der Waals surface area contributed by atoms with Crippen molar-refractivity contribution < 1.29 is 13.9 Å². The lowest BCUT2D eigenvalue weighted by atomic mass is 9.49. The van der Waals surface area contributed by atoms with Crippen molar-refractivity contribution in [2.75, 3.05) is 44.7 Å². The smallest absolute Gasteiger partial charge is 0.226 e. The van der Waals surface area contributed by atoms with Gasteiger partial charge in [0.1, 0.15) is 11.5 Å². The molecule has 1 aliphatic heterocycles. The second-order valence-corrected chi connectivity index (χ2v) is 11.2. The number of anilines is 1. The van der Waals surface area contributed by atoms with Gasteiger partial charge in [0.15, 0.2) is 0 Å². The molecule has 182 valence electrons. The number of nitrogens with zero attached hydrogens (tertiary/aromatic N) is 2. The molecule has 6 heteroatoms. The van der Waals surface area contributed by atoms with Crippen molar-refractivity contribution in [1.82, 2.24) is 10.2 Å². The predicted octanol–water partition coefficient (Wildman–Crippen LogP) is 4.48. The van der Waals surface area contributed by atoms with Crippen molar-refractivity contribution in [3.8, 4) is 5.75 Å². The Labute approximate surface area is 202 Å². The number of ether oxygens (including phenoxy) is 1. The van der Waals surface area contributed by atoms with Crippen LogP contribution < -0.4 is 15.0 Å². The summed E-state index contributed by atoms with van der Waals surface area (Å²) in [5.41, 5.74) is 1.13. The number of rotatable bonds is 7. The Hall–Kier alpha value is -2.47. The van der Waals surface area contributed by atoms with E-state index in [0.717, 1.165) is 74.7 Å². The molecule has 1 saturated heterocycles. The van der Waals surface area contributed by atoms with E-state index in [1.54, 1.807) is 13.4 Å². The van der Waals surface area contributed by atoms with Gasteiger partial charge in [-0.1, -0.05) is 0 Å². The minimum absolute atomic E-state index is 0.0749. The van der Waals surface area contributed by atoms with E-state index in [0.29, 0.717) is 12.5 Å². The zero-order chi connectivity index (χ0) is 23.1. The summed E-state index contributed by atoms with van der Waals surface area (Å²) in [6, 6.07) is 12.4. The molecule has 1 atom stereocenters. The molecule has 4 aliphatic carbocycles. The maximum Gasteiger partial charge on any atom is 0.226 e. The molecule has 1 amide bonds. The first-order valence-corrected chi connectivity index (χ1v) is 13.1. The quantitative estimate of drug-likeness (QED) is 0.656. The third-order valence-electron chi connectivity index (χ3n) is 9.04. The molecule has 1 unspecified atom stereocenters. The van der Waals surface area contributed by atoms with Crippen LogP contribution >= 0.6 is 0 Å². The van der Waals surface area contributed by atoms with Crippen LogP contribution in [-0.2, 0) is 4.79 Å². The van der Waals surface area contributed by atoms with Crippen LogP contribution in [0.2, 0.25) is 0 Å². The molecule has 4 bridgehead atoms. The number of amides is 1. The van der Waals surface area contributed by atoms with E-state index in [2.05, 4.69) is 33.3 Å². The maximum atomic E-state index is 13.6. The molecule has 5 aliphatic rings. The third kappa shape index (κ3) is 4.10. The molecule has 0 spiro atoms. The maximum absolute atomic E-state index is 13.6. The number of furan rings is 1. The van der Waals surface area contributed by atoms with Crippen LogP contribution in [-0.4, -0.2) is 50.6 Å². The number of nitrogens with one attached hydrogen (secondary N) is 1. The molecule has 1 N–H and O–H groups in total. The van der Waals surface area contributed by atoms with Gasteiger partial charge in [0.2, 0.25) is 5.91 Å². The second-order valence-electron chi connectivity index (χ2n) is 11.2. The van der Waals surface area contributed by atoms with E-state index in [1.165, 1.54) is 24.9 Å². The zero-order valence-corrected chi connectivity index (χ0v) is 20.2. The lowest BCUT2D eigenvalue weighted by Crippen LogP contribution is -2.55. The fraction of sp³-hybridized carbons (Fsp3) is 0.607. The normalized spacial score (nSPS) is 31.4. The largest absolute Gasteiger partial charge is 0.497 e. The number of piperazine rings is 1. The van der Waals surface area contributed by atoms with Crippen molar-refractivity contribution in [2.24, 2.45) is 23.2 Å². The average Bonchev–Trinajstić information content (AvgIpc) is 3.38. The van der Waals surface area contributed by atoms with Gasteiger partial charge in [-0.2, -0.15) is 0 Å². The fourth-order valence-electron chi connectivity index (χ4n) is 7.74. The Morgan fingerprint density at radius 2 is 1.68 bits per heavy atom. The number of carbonyl (C=O) groups excluding carboxylic acids is 1. The number of hydrogen-bond acceptors (Lipinski definition) is 5. The third-order valence-corrected chi connectivity index (χ3v) is 9.04. The molecule has 5 fully saturated rings. The van der Waals surface area contributed by atoms with Gasteiger partial charge in [0.05, 0.1) is 19.4 Å². The van der Waals surface area contributed by atoms with Crippen LogP contribution in [0.15, 0.2) is 47.1 Å². The van der Waals surface area contributed by atoms with E-state index in [-0.39, 0.29) is 11.5 Å². The molecule has 4 saturated carbocycles. The summed E-state index contributed by atoms with van der Waals surface area (Å²) in [6.45, 7) is 4.39. The topological polar surface area (TPSA) is 58.0 Å². The Morgan fingerprint density at radius 3 is 2.24 bits per heavy atom. The van der Waals surface area contributed by atoms with Gasteiger partial charge in [0.25, 0.3) is 0 Å². The number of benzene rings is 1. The van der Waals surface area contributed by atoms with E-state index in [1.807, 2.05) is 18.2 Å². The van der Waals surface area contributed by atoms with Gasteiger partial charge in [-0.3, -0.25) is 9.69 Å². The highest BCUT2D eigenvalue weighted by atomic mass is 16.5. The summed E-state index contributed by atoms with van der Waals surface area (Å²) in [4.78, 5) is 18.5. The van der Waals surface area contributed by atoms with E-state index >= 15 is 0 Å². The summed E-state index contributed by atoms with van der Waals surface area (Å²) >= 11 is 0. The summed E-state index contributed by atoms with van der Waals surface area (Å²) in [7, 11) is 1.70. The predicted molar refractivity (Wildman–Crippen MR) is 132 cm³/mol. The highest BCUT2D eigenvalue weighted by Gasteiger charge is 2.54. The van der Waals surface area contributed by atoms with Gasteiger partial charge in [0, 0.05) is 43.8 Å². The van der Waals surface area contributed by atoms with Crippen LogP contribution in [0.1, 0.15) is 50.3 Å². The van der Waals surface area contributed by atoms with Gasteiger partial charge in [-0.15, -0.1) is 0 Å². The number of methoxy groups -OCH3 is 1. The fourth-order valence-corrected chi connectivity index (χ4v) is 7.74. The van der Waals surface area contributed by atoms with Gasteiger partial charge in [-0.25, -0.2) is 0 Å². The van der Waals surface area contributed by atoms with Crippen molar-refractivity contribution in [1.29, 1.82) is 0 Å². The van der Waals surface area contributed by atoms with Gasteiger partial charge < -0.3 is 19.4 Å². The second kappa shape index (κ2) is 8.95. The first-order valence-electron chi connectivity index (χ1n) is 13.1. The summed E-state index contributed by atoms with van der Waals surface area (Å²) < 4.78 is 11.1. The molecular formula is C28H37N3O3. The zero-order valence-electron chi connectivity index (χ0n) is 20.2. The first-order chi connectivity index (χ1) is 16.6. The SMILES string of the molecule is COc1ccc(N2CCN(C(CNC(=O)C34CC5CC(CC(C5)C3)C4)c3ccco3)CC2)cc1. The average molecular weight is 464 g/mol. The molecule has 1 aromatic heterocycles. The standard InChI is InChI=1S/C28H37N3O3/c1-33-24-6-4-23(5-7-24)30-8-10-31(11-9-30)25(26-3-2-12-34-26)19-29-27(32)28-16-20-13-21(17-28)15-22(14-20)18-28/h2-7,12,20-22,25H,8-11,13-19H2,1H3,(H,29,32). The lowest BCUT2D eigenvalue weighted by molar-refractivity contribution is -0.146. The number of hydrogen-bond donors (Lipinski definition) is 1. The number of carbonyl (C=O) groups is 1. The lowest BCUT2D eigenvalue weighted by Gasteiger charge is -2.55. The molecule has 7 rings (SSSR count). The molecule has 2 aromatic rings. The van der Waals surface area contributed by atoms with Crippen molar-refractivity contribution in [3.05, 3.63) is 48.4 Å². The van der Waals surface area contributed by atoms with Crippen LogP contribution in [0, 0.1) is 23.2 Å². The molecule has 6 nitrogen and oxygen atoms in total. The summed E-state index contributed by atoms with van der Waals surface area (Å²) in [6.07, 6.45) is 9.15. The first kappa shape index (κ1) is 22.0. The van der Waals surface area contributed by atoms with Gasteiger partial charge in [-0.05, 0) is 92.7 Å². The summed E-state index contributed by atoms with van der Waals surface area (Å²) in [5, 5.41) is 3.41. The minimum atomic E-state index is -0.102.